The van der Waals surface area contributed by atoms with Crippen LogP contribution in [0.3, 0.4) is 0 Å². The highest BCUT2D eigenvalue weighted by molar-refractivity contribution is 9.11. The van der Waals surface area contributed by atoms with Gasteiger partial charge in [-0.1, -0.05) is 22.9 Å². The summed E-state index contributed by atoms with van der Waals surface area (Å²) in [5.41, 5.74) is 0. The third-order valence-corrected chi connectivity index (χ3v) is 1.24. The molecular weight excluding hydrogens is 156 g/mol. The molecule has 0 rings (SSSR count). The molecule has 0 saturated heterocycles. The van der Waals surface area contributed by atoms with E-state index in [0.29, 0.717) is 0 Å². The molecule has 42 valence electrons. The maximum absolute atomic E-state index is 4.86. The molecule has 0 fully saturated rings. The van der Waals surface area contributed by atoms with Crippen LogP contribution < -0.4 is 0 Å². The second kappa shape index (κ2) is 4.19. The zero-order valence-corrected chi connectivity index (χ0v) is 6.16. The summed E-state index contributed by atoms with van der Waals surface area (Å²) in [7, 11) is 1.66. The number of ether oxygens (including phenoxy) is 1. The van der Waals surface area contributed by atoms with Gasteiger partial charge in [-0.25, -0.2) is 0 Å². The van der Waals surface area contributed by atoms with Crippen molar-refractivity contribution in [2.45, 2.75) is 13.3 Å². The van der Waals surface area contributed by atoms with E-state index in [1.807, 2.05) is 6.92 Å². The first-order chi connectivity index (χ1) is 3.35. The highest BCUT2D eigenvalue weighted by Crippen LogP contribution is 2.02. The molecule has 0 bridgehead atoms. The number of allylic oxidation sites excluding steroid dienone is 1. The molecule has 0 unspecified atom stereocenters. The minimum absolute atomic E-state index is 0.946. The molecule has 0 aromatic carbocycles. The van der Waals surface area contributed by atoms with Crippen molar-refractivity contribution in [1.82, 2.24) is 0 Å². The van der Waals surface area contributed by atoms with Crippen LogP contribution in [0.2, 0.25) is 0 Å². The topological polar surface area (TPSA) is 9.23 Å². The highest BCUT2D eigenvalue weighted by atomic mass is 79.9. The van der Waals surface area contributed by atoms with Crippen molar-refractivity contribution < 1.29 is 4.74 Å². The summed E-state index contributed by atoms with van der Waals surface area (Å²) in [5, 5.41) is 0. The van der Waals surface area contributed by atoms with Gasteiger partial charge in [-0.05, 0) is 0 Å². The lowest BCUT2D eigenvalue weighted by Crippen LogP contribution is -1.79. The Morgan fingerprint density at radius 3 is 2.43 bits per heavy atom. The molecule has 0 aromatic heterocycles. The van der Waals surface area contributed by atoms with Gasteiger partial charge in [0.25, 0.3) is 0 Å². The van der Waals surface area contributed by atoms with E-state index < -0.39 is 0 Å². The molecule has 0 atom stereocenters. The summed E-state index contributed by atoms with van der Waals surface area (Å²) in [6, 6.07) is 0. The fraction of sp³-hybridized carbons (Fsp3) is 0.600. The maximum atomic E-state index is 4.86. The van der Waals surface area contributed by atoms with Crippen molar-refractivity contribution in [2.24, 2.45) is 0 Å². The van der Waals surface area contributed by atoms with Gasteiger partial charge in [0, 0.05) is 11.4 Å². The SMILES string of the molecule is CCC(=CBr)OC. The van der Waals surface area contributed by atoms with E-state index in [2.05, 4.69) is 15.9 Å². The molecule has 0 heterocycles. The first-order valence-electron chi connectivity index (χ1n) is 2.18. The van der Waals surface area contributed by atoms with Crippen molar-refractivity contribution >= 4 is 15.9 Å². The summed E-state index contributed by atoms with van der Waals surface area (Å²) in [5.74, 6) is 0.972. The van der Waals surface area contributed by atoms with Crippen molar-refractivity contribution in [1.29, 1.82) is 0 Å². The van der Waals surface area contributed by atoms with Gasteiger partial charge in [0.15, 0.2) is 0 Å². The van der Waals surface area contributed by atoms with Crippen LogP contribution in [0.1, 0.15) is 13.3 Å². The van der Waals surface area contributed by atoms with Crippen LogP contribution in [-0.2, 0) is 4.74 Å². The van der Waals surface area contributed by atoms with E-state index in [1.54, 1.807) is 12.1 Å². The standard InChI is InChI=1S/C5H9BrO/c1-3-5(4-6)7-2/h4H,3H2,1-2H3. The van der Waals surface area contributed by atoms with Crippen molar-refractivity contribution in [3.8, 4) is 0 Å². The molecule has 1 nitrogen and oxygen atoms in total. The minimum atomic E-state index is 0.946. The Kier molecular flexibility index (Phi) is 4.20. The number of methoxy groups -OCH3 is 1. The zero-order valence-electron chi connectivity index (χ0n) is 4.57. The van der Waals surface area contributed by atoms with Crippen molar-refractivity contribution in [2.75, 3.05) is 7.11 Å². The third kappa shape index (κ3) is 2.68. The average Bonchev–Trinajstić information content (AvgIpc) is 1.72. The molecule has 7 heavy (non-hydrogen) atoms. The number of hydrogen-bond acceptors (Lipinski definition) is 1. The molecular formula is C5H9BrO. The Balaban J connectivity index is 3.38. The molecule has 0 aliphatic carbocycles. The number of rotatable bonds is 2. The molecule has 0 amide bonds. The van der Waals surface area contributed by atoms with Crippen LogP contribution in [0.5, 0.6) is 0 Å². The van der Waals surface area contributed by atoms with Gasteiger partial charge < -0.3 is 4.74 Å². The Morgan fingerprint density at radius 1 is 1.86 bits per heavy atom. The summed E-state index contributed by atoms with van der Waals surface area (Å²) >= 11 is 3.15. The van der Waals surface area contributed by atoms with Crippen molar-refractivity contribution in [3.05, 3.63) is 10.7 Å². The lowest BCUT2D eigenvalue weighted by atomic mass is 10.4. The van der Waals surface area contributed by atoms with Crippen LogP contribution in [0.15, 0.2) is 10.7 Å². The van der Waals surface area contributed by atoms with Crippen LogP contribution in [-0.4, -0.2) is 7.11 Å². The molecule has 0 aromatic rings. The first-order valence-corrected chi connectivity index (χ1v) is 3.10. The smallest absolute Gasteiger partial charge is 0.102 e. The summed E-state index contributed by atoms with van der Waals surface area (Å²) in [4.78, 5) is 1.78. The average molecular weight is 165 g/mol. The Bertz CT molecular complexity index is 62.5. The van der Waals surface area contributed by atoms with E-state index in [1.165, 1.54) is 0 Å². The predicted octanol–water partition coefficient (Wildman–Crippen LogP) is 2.28. The fourth-order valence-corrected chi connectivity index (χ4v) is 0.777. The van der Waals surface area contributed by atoms with Crippen LogP contribution in [0.4, 0.5) is 0 Å². The maximum Gasteiger partial charge on any atom is 0.102 e. The van der Waals surface area contributed by atoms with Crippen LogP contribution in [0, 0.1) is 0 Å². The van der Waals surface area contributed by atoms with E-state index in [-0.39, 0.29) is 0 Å². The number of hydrogen-bond donors (Lipinski definition) is 0. The Morgan fingerprint density at radius 2 is 2.43 bits per heavy atom. The van der Waals surface area contributed by atoms with Gasteiger partial charge in [-0.15, -0.1) is 0 Å². The molecule has 0 saturated carbocycles. The Hall–Kier alpha value is 0.0200. The largest absolute Gasteiger partial charge is 0.501 e. The third-order valence-electron chi connectivity index (χ3n) is 0.732. The first kappa shape index (κ1) is 7.02. The van der Waals surface area contributed by atoms with Gasteiger partial charge in [-0.2, -0.15) is 0 Å². The second-order valence-electron chi connectivity index (χ2n) is 1.13. The molecule has 0 aliphatic heterocycles. The molecule has 0 spiro atoms. The molecule has 0 aliphatic rings. The fourth-order valence-electron chi connectivity index (χ4n) is 0.266. The van der Waals surface area contributed by atoms with Crippen LogP contribution >= 0.6 is 15.9 Å². The monoisotopic (exact) mass is 164 g/mol. The van der Waals surface area contributed by atoms with E-state index in [9.17, 15) is 0 Å². The highest BCUT2D eigenvalue weighted by Gasteiger charge is 1.83. The van der Waals surface area contributed by atoms with Crippen LogP contribution in [0.25, 0.3) is 0 Å². The quantitative estimate of drug-likeness (QED) is 0.570. The predicted molar refractivity (Wildman–Crippen MR) is 34.3 cm³/mol. The van der Waals surface area contributed by atoms with Gasteiger partial charge in [0.2, 0.25) is 0 Å². The summed E-state index contributed by atoms with van der Waals surface area (Å²) < 4.78 is 4.86. The van der Waals surface area contributed by atoms with Crippen molar-refractivity contribution in [3.63, 3.8) is 0 Å². The van der Waals surface area contributed by atoms with E-state index in [0.717, 1.165) is 12.2 Å². The lowest BCUT2D eigenvalue weighted by molar-refractivity contribution is 0.282. The normalized spacial score (nSPS) is 11.6. The summed E-state index contributed by atoms with van der Waals surface area (Å²) in [6.07, 6.45) is 0.946. The zero-order chi connectivity index (χ0) is 5.70. The van der Waals surface area contributed by atoms with Gasteiger partial charge >= 0.3 is 0 Å². The summed E-state index contributed by atoms with van der Waals surface area (Å²) in [6.45, 7) is 2.04. The lowest BCUT2D eigenvalue weighted by Gasteiger charge is -1.96. The second-order valence-corrected chi connectivity index (χ2v) is 1.59. The van der Waals surface area contributed by atoms with Gasteiger partial charge in [-0.3, -0.25) is 0 Å². The van der Waals surface area contributed by atoms with E-state index in [4.69, 9.17) is 4.74 Å². The van der Waals surface area contributed by atoms with Gasteiger partial charge in [0.1, 0.15) is 5.76 Å². The molecule has 0 radical (unpaired) electrons. The Labute approximate surface area is 52.5 Å². The number of halogens is 1. The molecule has 2 heteroatoms. The van der Waals surface area contributed by atoms with E-state index >= 15 is 0 Å². The van der Waals surface area contributed by atoms with Gasteiger partial charge in [0.05, 0.1) is 7.11 Å². The molecule has 0 N–H and O–H groups in total. The minimum Gasteiger partial charge on any atom is -0.501 e.